The third kappa shape index (κ3) is 5.58. The summed E-state index contributed by atoms with van der Waals surface area (Å²) in [4.78, 5) is 36.6. The van der Waals surface area contributed by atoms with Crippen LogP contribution < -0.4 is 10.6 Å². The number of carboxylic acid groups (broad SMARTS) is 1. The van der Waals surface area contributed by atoms with Gasteiger partial charge < -0.3 is 20.5 Å². The molecule has 0 fully saturated rings. The second-order valence-corrected chi connectivity index (χ2v) is 9.13. The summed E-state index contributed by atoms with van der Waals surface area (Å²) in [5, 5.41) is 14.9. The van der Waals surface area contributed by atoms with Crippen molar-refractivity contribution in [1.29, 1.82) is 0 Å². The maximum Gasteiger partial charge on any atom is 0.407 e. The molecule has 7 heteroatoms. The molecule has 3 N–H and O–H groups in total. The Bertz CT molecular complexity index is 992. The molecule has 1 aliphatic carbocycles. The number of rotatable bonds is 11. The van der Waals surface area contributed by atoms with Gasteiger partial charge in [-0.2, -0.15) is 0 Å². The number of carbonyl (C=O) groups is 3. The van der Waals surface area contributed by atoms with Gasteiger partial charge in [0.15, 0.2) is 0 Å². The molecular weight excluding hydrogens is 432 g/mol. The van der Waals surface area contributed by atoms with Gasteiger partial charge >= 0.3 is 12.1 Å². The number of benzene rings is 2. The third-order valence-electron chi connectivity index (χ3n) is 6.79. The minimum absolute atomic E-state index is 0.0318. The van der Waals surface area contributed by atoms with Crippen molar-refractivity contribution in [3.8, 4) is 11.1 Å². The first-order chi connectivity index (χ1) is 16.3. The molecule has 0 aliphatic heterocycles. The molecule has 0 bridgehead atoms. The molecule has 7 nitrogen and oxygen atoms in total. The zero-order valence-corrected chi connectivity index (χ0v) is 20.1. The summed E-state index contributed by atoms with van der Waals surface area (Å²) in [5.41, 5.74) is 3.57. The summed E-state index contributed by atoms with van der Waals surface area (Å²) in [6.45, 7) is 5.73. The lowest BCUT2D eigenvalue weighted by Gasteiger charge is -2.25. The Hall–Kier alpha value is -3.35. The number of ether oxygens (including phenoxy) is 1. The number of fused-ring (bicyclic) bond motifs is 3. The fourth-order valence-corrected chi connectivity index (χ4v) is 4.31. The van der Waals surface area contributed by atoms with Crippen LogP contribution in [0.2, 0.25) is 0 Å². The molecule has 0 saturated heterocycles. The Balaban J connectivity index is 1.55. The molecule has 1 aliphatic rings. The van der Waals surface area contributed by atoms with Crippen molar-refractivity contribution in [2.75, 3.05) is 19.7 Å². The van der Waals surface area contributed by atoms with Gasteiger partial charge in [0.1, 0.15) is 6.61 Å². The minimum Gasteiger partial charge on any atom is -0.481 e. The van der Waals surface area contributed by atoms with Crippen LogP contribution in [0.5, 0.6) is 0 Å². The van der Waals surface area contributed by atoms with Gasteiger partial charge in [-0.1, -0.05) is 68.8 Å². The van der Waals surface area contributed by atoms with Gasteiger partial charge in [-0.3, -0.25) is 9.59 Å². The Labute approximate surface area is 200 Å². The first-order valence-electron chi connectivity index (χ1n) is 11.9. The monoisotopic (exact) mass is 466 g/mol. The molecule has 2 aromatic rings. The molecule has 34 heavy (non-hydrogen) atoms. The van der Waals surface area contributed by atoms with E-state index in [0.717, 1.165) is 28.7 Å². The summed E-state index contributed by atoms with van der Waals surface area (Å²) in [7, 11) is 0. The van der Waals surface area contributed by atoms with Crippen molar-refractivity contribution >= 4 is 18.0 Å². The number of alkyl carbamates (subject to hydrolysis) is 1. The van der Waals surface area contributed by atoms with Crippen LogP contribution in [0, 0.1) is 11.3 Å². The summed E-state index contributed by atoms with van der Waals surface area (Å²) < 4.78 is 5.55. The molecule has 2 amide bonds. The zero-order valence-electron chi connectivity index (χ0n) is 20.1. The molecule has 0 spiro atoms. The number of carboxylic acids is 1. The lowest BCUT2D eigenvalue weighted by atomic mass is 9.87. The quantitative estimate of drug-likeness (QED) is 0.450. The Morgan fingerprint density at radius 2 is 1.59 bits per heavy atom. The van der Waals surface area contributed by atoms with Gasteiger partial charge in [0, 0.05) is 19.0 Å². The van der Waals surface area contributed by atoms with E-state index < -0.39 is 23.4 Å². The average Bonchev–Trinajstić information content (AvgIpc) is 3.17. The third-order valence-corrected chi connectivity index (χ3v) is 6.79. The smallest absolute Gasteiger partial charge is 0.407 e. The lowest BCUT2D eigenvalue weighted by Crippen LogP contribution is -2.45. The summed E-state index contributed by atoms with van der Waals surface area (Å²) in [6, 6.07) is 16.3. The predicted molar refractivity (Wildman–Crippen MR) is 131 cm³/mol. The second kappa shape index (κ2) is 11.2. The van der Waals surface area contributed by atoms with Crippen molar-refractivity contribution in [2.45, 2.75) is 46.0 Å². The molecule has 0 saturated carbocycles. The van der Waals surface area contributed by atoms with E-state index in [-0.39, 0.29) is 31.5 Å². The van der Waals surface area contributed by atoms with Crippen molar-refractivity contribution in [3.05, 3.63) is 59.7 Å². The topological polar surface area (TPSA) is 105 Å². The molecule has 2 aromatic carbocycles. The van der Waals surface area contributed by atoms with E-state index in [0.29, 0.717) is 12.8 Å². The van der Waals surface area contributed by atoms with Crippen LogP contribution >= 0.6 is 0 Å². The van der Waals surface area contributed by atoms with Crippen LogP contribution in [0.1, 0.15) is 57.1 Å². The Morgan fingerprint density at radius 3 is 2.12 bits per heavy atom. The molecule has 0 radical (unpaired) electrons. The second-order valence-electron chi connectivity index (χ2n) is 9.13. The number of amides is 2. The highest BCUT2D eigenvalue weighted by Crippen LogP contribution is 2.44. The normalized spacial score (nSPS) is 14.9. The average molecular weight is 467 g/mol. The van der Waals surface area contributed by atoms with Crippen molar-refractivity contribution in [3.63, 3.8) is 0 Å². The maximum absolute atomic E-state index is 12.7. The van der Waals surface area contributed by atoms with Crippen LogP contribution in [0.4, 0.5) is 4.79 Å². The molecule has 0 heterocycles. The van der Waals surface area contributed by atoms with Crippen LogP contribution in [0.3, 0.4) is 0 Å². The summed E-state index contributed by atoms with van der Waals surface area (Å²) >= 11 is 0. The summed E-state index contributed by atoms with van der Waals surface area (Å²) in [5.74, 6) is -1.70. The summed E-state index contributed by atoms with van der Waals surface area (Å²) in [6.07, 6.45) is 1.17. The molecule has 182 valence electrons. The molecule has 0 aromatic heterocycles. The SMILES string of the molecule is CCCC(CNC(=O)OCC1c2ccccc2-c2ccccc21)C(=O)NCC(C)(CC)C(=O)O. The van der Waals surface area contributed by atoms with Gasteiger partial charge in [-0.25, -0.2) is 4.79 Å². The number of nitrogens with one attached hydrogen (secondary N) is 2. The van der Waals surface area contributed by atoms with Gasteiger partial charge in [0.25, 0.3) is 0 Å². The van der Waals surface area contributed by atoms with E-state index in [1.54, 1.807) is 13.8 Å². The van der Waals surface area contributed by atoms with E-state index in [2.05, 4.69) is 34.9 Å². The first kappa shape index (κ1) is 25.3. The van der Waals surface area contributed by atoms with Crippen molar-refractivity contribution in [1.82, 2.24) is 10.6 Å². The van der Waals surface area contributed by atoms with Crippen LogP contribution in [-0.2, 0) is 14.3 Å². The molecule has 2 atom stereocenters. The highest BCUT2D eigenvalue weighted by molar-refractivity contribution is 5.81. The van der Waals surface area contributed by atoms with Crippen LogP contribution in [0.15, 0.2) is 48.5 Å². The number of carbonyl (C=O) groups excluding carboxylic acids is 2. The van der Waals surface area contributed by atoms with Crippen LogP contribution in [-0.4, -0.2) is 42.8 Å². The van der Waals surface area contributed by atoms with Crippen molar-refractivity contribution in [2.24, 2.45) is 11.3 Å². The van der Waals surface area contributed by atoms with Crippen LogP contribution in [0.25, 0.3) is 11.1 Å². The van der Waals surface area contributed by atoms with E-state index in [4.69, 9.17) is 4.74 Å². The highest BCUT2D eigenvalue weighted by Gasteiger charge is 2.33. The molecular formula is C27H34N2O5. The Morgan fingerprint density at radius 1 is 1.00 bits per heavy atom. The van der Waals surface area contributed by atoms with Gasteiger partial charge in [0.05, 0.1) is 11.3 Å². The highest BCUT2D eigenvalue weighted by atomic mass is 16.5. The fraction of sp³-hybridized carbons (Fsp3) is 0.444. The van der Waals surface area contributed by atoms with Gasteiger partial charge in [-0.15, -0.1) is 0 Å². The minimum atomic E-state index is -1.02. The lowest BCUT2D eigenvalue weighted by molar-refractivity contribution is -0.148. The molecule has 2 unspecified atom stereocenters. The standard InChI is InChI=1S/C27H34N2O5/c1-4-10-18(24(30)29-17-27(3,5-2)25(31)32)15-28-26(33)34-16-23-21-13-8-6-11-19(21)20-12-7-9-14-22(20)23/h6-9,11-14,18,23H,4-5,10,15-17H2,1-3H3,(H,28,33)(H,29,30)(H,31,32). The van der Waals surface area contributed by atoms with Gasteiger partial charge in [0.2, 0.25) is 5.91 Å². The van der Waals surface area contributed by atoms with Crippen molar-refractivity contribution < 1.29 is 24.2 Å². The van der Waals surface area contributed by atoms with E-state index in [1.165, 1.54) is 0 Å². The largest absolute Gasteiger partial charge is 0.481 e. The van der Waals surface area contributed by atoms with E-state index in [9.17, 15) is 19.5 Å². The first-order valence-corrected chi connectivity index (χ1v) is 11.9. The predicted octanol–water partition coefficient (Wildman–Crippen LogP) is 4.56. The van der Waals surface area contributed by atoms with Gasteiger partial charge in [-0.05, 0) is 42.0 Å². The fourth-order valence-electron chi connectivity index (χ4n) is 4.31. The number of hydrogen-bond donors (Lipinski definition) is 3. The Kier molecular flexibility index (Phi) is 8.31. The van der Waals surface area contributed by atoms with E-state index in [1.807, 2.05) is 31.2 Å². The zero-order chi connectivity index (χ0) is 24.7. The molecule has 3 rings (SSSR count). The van der Waals surface area contributed by atoms with E-state index >= 15 is 0 Å². The number of hydrogen-bond acceptors (Lipinski definition) is 4. The number of aliphatic carboxylic acids is 1. The maximum atomic E-state index is 12.7.